The molecule has 0 unspecified atom stereocenters. The van der Waals surface area contributed by atoms with E-state index in [0.29, 0.717) is 53.3 Å². The minimum atomic E-state index is -1.04. The van der Waals surface area contributed by atoms with Gasteiger partial charge in [0, 0.05) is 56.3 Å². The number of benzene rings is 1. The molecular weight excluding hydrogens is 530 g/mol. The number of nitrogens with two attached hydrogens (primary N) is 1. The molecule has 2 saturated heterocycles. The molecule has 4 rings (SSSR count). The summed E-state index contributed by atoms with van der Waals surface area (Å²) < 4.78 is 11.0. The molecule has 3 atom stereocenters. The Morgan fingerprint density at radius 1 is 1.24 bits per heavy atom. The van der Waals surface area contributed by atoms with Crippen molar-refractivity contribution in [1.82, 2.24) is 10.6 Å². The van der Waals surface area contributed by atoms with E-state index in [1.807, 2.05) is 4.90 Å². The first-order valence-corrected chi connectivity index (χ1v) is 15.4. The van der Waals surface area contributed by atoms with E-state index >= 15 is 0 Å². The number of nitrogens with zero attached hydrogens (tertiary/aromatic N) is 1. The van der Waals surface area contributed by atoms with Gasteiger partial charge in [0.15, 0.2) is 5.72 Å². The van der Waals surface area contributed by atoms with Crippen LogP contribution in [-0.2, 0) is 14.3 Å². The van der Waals surface area contributed by atoms with E-state index in [9.17, 15) is 19.8 Å². The van der Waals surface area contributed by atoms with Crippen molar-refractivity contribution < 1.29 is 29.3 Å². The summed E-state index contributed by atoms with van der Waals surface area (Å²) in [6, 6.07) is 0.0615. The number of phenolic OH excluding ortho intramolecular Hbond substituents is 2. The fourth-order valence-corrected chi connectivity index (χ4v) is 7.20. The van der Waals surface area contributed by atoms with Gasteiger partial charge in [0.25, 0.3) is 0 Å². The van der Waals surface area contributed by atoms with Crippen LogP contribution >= 0.6 is 21.6 Å². The molecule has 38 heavy (non-hydrogen) atoms. The number of unbranched alkanes of at least 4 members (excludes halogenated alkanes) is 2. The summed E-state index contributed by atoms with van der Waals surface area (Å²) in [5, 5.41) is 32.1. The zero-order valence-corrected chi connectivity index (χ0v) is 23.6. The van der Waals surface area contributed by atoms with Gasteiger partial charge in [-0.3, -0.25) is 4.79 Å². The van der Waals surface area contributed by atoms with E-state index in [2.05, 4.69) is 22.9 Å². The maximum absolute atomic E-state index is 11.9. The predicted octanol–water partition coefficient (Wildman–Crippen LogP) is 2.85. The molecule has 2 fully saturated rings. The summed E-state index contributed by atoms with van der Waals surface area (Å²) in [5.74, 6) is 1.47. The van der Waals surface area contributed by atoms with Crippen LogP contribution in [0.3, 0.4) is 0 Å². The van der Waals surface area contributed by atoms with E-state index < -0.39 is 11.8 Å². The number of carbonyl (C=O) groups is 2. The number of methoxy groups -OCH3 is 1. The lowest BCUT2D eigenvalue weighted by Gasteiger charge is -2.35. The monoisotopic (exact) mass is 567 g/mol. The van der Waals surface area contributed by atoms with Crippen LogP contribution in [0.25, 0.3) is 5.57 Å². The Morgan fingerprint density at radius 2 is 2.00 bits per heavy atom. The van der Waals surface area contributed by atoms with Crippen molar-refractivity contribution in [3.8, 4) is 11.5 Å². The molecule has 2 amide bonds. The summed E-state index contributed by atoms with van der Waals surface area (Å²) >= 11 is 0. The highest BCUT2D eigenvalue weighted by Gasteiger charge is 2.69. The minimum absolute atomic E-state index is 0.0254. The van der Waals surface area contributed by atoms with Gasteiger partial charge in [0.05, 0.1) is 28.6 Å². The number of ether oxygens (including phenoxy) is 2. The Balaban J connectivity index is 1.39. The van der Waals surface area contributed by atoms with Crippen LogP contribution in [0.1, 0.15) is 43.7 Å². The summed E-state index contributed by atoms with van der Waals surface area (Å²) in [7, 11) is 4.80. The standard InChI is InChI=1S/C25H37N5O6S2/c1-4-5-6-8-27-17(31)7-10-37-38-11-9-28-19-14(2)21(32)20-18(22(19)33)15(13-36-24(26)34)25(35-3)23-16(29-23)12-30(20)25/h13,16,23,28-29,32-33H,4-12H2,1-3H3,(H2,26,34)(H,27,31)/t16-,23-,25+/m0/s1. The minimum Gasteiger partial charge on any atom is -0.505 e. The molecule has 1 aromatic rings. The molecule has 0 aliphatic carbocycles. The van der Waals surface area contributed by atoms with E-state index in [1.54, 1.807) is 35.6 Å². The van der Waals surface area contributed by atoms with E-state index in [0.717, 1.165) is 31.6 Å². The largest absolute Gasteiger partial charge is 0.505 e. The van der Waals surface area contributed by atoms with Gasteiger partial charge in [-0.25, -0.2) is 4.79 Å². The van der Waals surface area contributed by atoms with Gasteiger partial charge in [0.1, 0.15) is 17.8 Å². The number of amides is 2. The quantitative estimate of drug-likeness (QED) is 0.0488. The van der Waals surface area contributed by atoms with Gasteiger partial charge in [-0.15, -0.1) is 0 Å². The van der Waals surface area contributed by atoms with Crippen molar-refractivity contribution in [2.75, 3.05) is 48.5 Å². The molecule has 210 valence electrons. The van der Waals surface area contributed by atoms with Crippen molar-refractivity contribution in [1.29, 1.82) is 0 Å². The van der Waals surface area contributed by atoms with Gasteiger partial charge in [0.2, 0.25) is 5.91 Å². The average Bonchev–Trinajstić information content (AvgIpc) is 3.50. The Kier molecular flexibility index (Phi) is 9.11. The molecule has 0 bridgehead atoms. The van der Waals surface area contributed by atoms with Gasteiger partial charge in [-0.1, -0.05) is 41.4 Å². The third-order valence-electron chi connectivity index (χ3n) is 7.17. The number of hydrogen-bond donors (Lipinski definition) is 6. The van der Waals surface area contributed by atoms with Crippen molar-refractivity contribution >= 4 is 50.5 Å². The zero-order valence-electron chi connectivity index (χ0n) is 22.0. The topological polar surface area (TPSA) is 168 Å². The van der Waals surface area contributed by atoms with E-state index in [1.165, 1.54) is 6.26 Å². The summed E-state index contributed by atoms with van der Waals surface area (Å²) in [6.07, 6.45) is 3.96. The van der Waals surface area contributed by atoms with Crippen molar-refractivity contribution in [3.05, 3.63) is 17.4 Å². The molecule has 3 aliphatic rings. The lowest BCUT2D eigenvalue weighted by atomic mass is 9.94. The third kappa shape index (κ3) is 5.33. The summed E-state index contributed by atoms with van der Waals surface area (Å²) in [5.41, 5.74) is 6.29. The molecule has 13 heteroatoms. The molecule has 7 N–H and O–H groups in total. The maximum atomic E-state index is 11.9. The fourth-order valence-electron chi connectivity index (χ4n) is 5.30. The molecule has 3 heterocycles. The highest BCUT2D eigenvalue weighted by Crippen LogP contribution is 2.63. The number of piperazine rings is 1. The molecule has 3 aliphatic heterocycles. The lowest BCUT2D eigenvalue weighted by molar-refractivity contribution is -0.120. The first-order chi connectivity index (χ1) is 18.3. The Morgan fingerprint density at radius 3 is 2.71 bits per heavy atom. The number of carbonyl (C=O) groups excluding carboxylic acids is 2. The summed E-state index contributed by atoms with van der Waals surface area (Å²) in [4.78, 5) is 25.2. The first kappa shape index (κ1) is 28.5. The lowest BCUT2D eigenvalue weighted by Crippen LogP contribution is -2.50. The number of rotatable bonds is 14. The van der Waals surface area contributed by atoms with Crippen LogP contribution in [0.2, 0.25) is 0 Å². The molecule has 11 nitrogen and oxygen atoms in total. The van der Waals surface area contributed by atoms with Crippen LogP contribution in [0, 0.1) is 6.92 Å². The van der Waals surface area contributed by atoms with Crippen molar-refractivity contribution in [2.45, 2.75) is 57.3 Å². The second kappa shape index (κ2) is 12.1. The third-order valence-corrected chi connectivity index (χ3v) is 9.58. The van der Waals surface area contributed by atoms with Crippen LogP contribution < -0.4 is 26.6 Å². The SMILES string of the molecule is CCCCCNC(=O)CCSSCCNc1c(C)c(O)c2c(c1O)C(=COC(N)=O)[C@@]1(OC)[C@H]3N[C@H]3CN21. The number of nitrogens with one attached hydrogen (secondary N) is 3. The van der Waals surface area contributed by atoms with Crippen LogP contribution in [0.15, 0.2) is 6.26 Å². The van der Waals surface area contributed by atoms with Crippen LogP contribution in [0.5, 0.6) is 11.5 Å². The number of aromatic hydroxyl groups is 2. The van der Waals surface area contributed by atoms with Crippen molar-refractivity contribution in [2.24, 2.45) is 5.73 Å². The molecular formula is C25H37N5O6S2. The van der Waals surface area contributed by atoms with Gasteiger partial charge in [-0.05, 0) is 13.3 Å². The number of primary amides is 1. The Bertz CT molecular complexity index is 1100. The highest BCUT2D eigenvalue weighted by molar-refractivity contribution is 8.76. The molecule has 1 aromatic carbocycles. The van der Waals surface area contributed by atoms with Gasteiger partial charge >= 0.3 is 6.09 Å². The normalized spacial score (nSPS) is 23.7. The van der Waals surface area contributed by atoms with Crippen molar-refractivity contribution in [3.63, 3.8) is 0 Å². The second-order valence-electron chi connectivity index (χ2n) is 9.53. The van der Waals surface area contributed by atoms with Gasteiger partial charge < -0.3 is 46.3 Å². The van der Waals surface area contributed by atoms with Gasteiger partial charge in [-0.2, -0.15) is 0 Å². The van der Waals surface area contributed by atoms with Crippen LogP contribution in [-0.4, -0.2) is 78.3 Å². The predicted molar refractivity (Wildman–Crippen MR) is 152 cm³/mol. The van der Waals surface area contributed by atoms with Crippen LogP contribution in [0.4, 0.5) is 16.2 Å². The number of hydrogen-bond acceptors (Lipinski definition) is 11. The Labute approximate surface area is 230 Å². The molecule has 0 saturated carbocycles. The molecule has 0 radical (unpaired) electrons. The highest BCUT2D eigenvalue weighted by atomic mass is 33.1. The number of phenols is 2. The zero-order chi connectivity index (χ0) is 27.4. The average molecular weight is 568 g/mol. The second-order valence-corrected chi connectivity index (χ2v) is 12.2. The maximum Gasteiger partial charge on any atom is 0.409 e. The van der Waals surface area contributed by atoms with E-state index in [4.69, 9.17) is 15.2 Å². The number of anilines is 2. The molecule has 0 aromatic heterocycles. The number of fused-ring (bicyclic) bond motifs is 5. The fraction of sp³-hybridized carbons (Fsp3) is 0.600. The Hall–Kier alpha value is -2.48. The molecule has 0 spiro atoms. The smallest absolute Gasteiger partial charge is 0.409 e. The van der Waals surface area contributed by atoms with E-state index in [-0.39, 0.29) is 29.5 Å². The first-order valence-electron chi connectivity index (χ1n) is 12.9. The summed E-state index contributed by atoms with van der Waals surface area (Å²) in [6.45, 7) is 5.69.